The zero-order valence-electron chi connectivity index (χ0n) is 21.8. The van der Waals surface area contributed by atoms with Crippen LogP contribution in [0.2, 0.25) is 5.02 Å². The zero-order valence-corrected chi connectivity index (χ0v) is 23.3. The summed E-state index contributed by atoms with van der Waals surface area (Å²) in [6.45, 7) is 5.74. The van der Waals surface area contributed by atoms with Crippen molar-refractivity contribution in [2.75, 3.05) is 23.7 Å². The number of nitrogens with zero attached hydrogens (tertiary/aromatic N) is 2. The third-order valence-electron chi connectivity index (χ3n) is 5.72. The molecule has 0 amide bonds. The van der Waals surface area contributed by atoms with Crippen molar-refractivity contribution in [1.82, 2.24) is 4.98 Å². The van der Waals surface area contributed by atoms with Crippen LogP contribution >= 0.6 is 11.6 Å². The molecule has 0 fully saturated rings. The van der Waals surface area contributed by atoms with Gasteiger partial charge in [-0.15, -0.1) is 0 Å². The number of esters is 1. The molecule has 0 bridgehead atoms. The van der Waals surface area contributed by atoms with Crippen LogP contribution in [0, 0.1) is 0 Å². The number of aromatic nitrogens is 1. The molecule has 4 rings (SSSR count). The highest BCUT2D eigenvalue weighted by Gasteiger charge is 2.26. The molecule has 0 unspecified atom stereocenters. The minimum Gasteiger partial charge on any atom is -0.460 e. The van der Waals surface area contributed by atoms with Crippen molar-refractivity contribution < 1.29 is 31.3 Å². The van der Waals surface area contributed by atoms with Crippen LogP contribution in [0.15, 0.2) is 56.1 Å². The lowest BCUT2D eigenvalue weighted by Crippen LogP contribution is -2.30. The lowest BCUT2D eigenvalue weighted by Gasteiger charge is -2.27. The number of halogens is 1. The molecule has 0 spiro atoms. The highest BCUT2D eigenvalue weighted by atomic mass is 35.5. The van der Waals surface area contributed by atoms with E-state index in [9.17, 15) is 22.6 Å². The second kappa shape index (κ2) is 11.4. The van der Waals surface area contributed by atoms with E-state index >= 15 is 0 Å². The van der Waals surface area contributed by atoms with E-state index < -0.39 is 27.1 Å². The number of ether oxygens (including phenoxy) is 1. The monoisotopic (exact) mass is 576 g/mol. The van der Waals surface area contributed by atoms with Gasteiger partial charge >= 0.3 is 11.6 Å². The molecule has 0 aliphatic rings. The van der Waals surface area contributed by atoms with Gasteiger partial charge in [0.1, 0.15) is 22.3 Å². The van der Waals surface area contributed by atoms with Crippen molar-refractivity contribution in [1.29, 1.82) is 0 Å². The molecule has 0 radical (unpaired) electrons. The Morgan fingerprint density at radius 3 is 2.51 bits per heavy atom. The fraction of sp³-hybridized carbons (Fsp3) is 0.370. The van der Waals surface area contributed by atoms with Crippen LogP contribution in [0.25, 0.3) is 33.5 Å². The van der Waals surface area contributed by atoms with E-state index in [-0.39, 0.29) is 43.4 Å². The molecule has 1 N–H and O–H groups in total. The first-order chi connectivity index (χ1) is 18.3. The van der Waals surface area contributed by atoms with E-state index in [0.29, 0.717) is 39.2 Å². The normalized spacial score (nSPS) is 12.2. The predicted molar refractivity (Wildman–Crippen MR) is 149 cm³/mol. The molecule has 0 atom stereocenters. The summed E-state index contributed by atoms with van der Waals surface area (Å²) in [5.41, 5.74) is 0.295. The second-order valence-corrected chi connectivity index (χ2v) is 12.1. The maximum absolute atomic E-state index is 13.3. The Kier molecular flexibility index (Phi) is 8.34. The topological polar surface area (TPSA) is 140 Å². The van der Waals surface area contributed by atoms with Gasteiger partial charge in [0.25, 0.3) is 10.1 Å². The fourth-order valence-electron chi connectivity index (χ4n) is 4.24. The molecule has 0 saturated heterocycles. The molecule has 2 heterocycles. The highest BCUT2D eigenvalue weighted by Crippen LogP contribution is 2.36. The summed E-state index contributed by atoms with van der Waals surface area (Å²) in [7, 11) is -4.22. The number of fused-ring (bicyclic) bond motifs is 2. The Morgan fingerprint density at radius 1 is 1.08 bits per heavy atom. The summed E-state index contributed by atoms with van der Waals surface area (Å²) in [6, 6.07) is 11.8. The van der Waals surface area contributed by atoms with Crippen LogP contribution in [0.4, 0.5) is 5.69 Å². The fourth-order valence-corrected chi connectivity index (χ4v) is 4.90. The summed E-state index contributed by atoms with van der Waals surface area (Å²) in [4.78, 5) is 32.0. The molecule has 10 nitrogen and oxygen atoms in total. The number of oxazole rings is 1. The largest absolute Gasteiger partial charge is 0.460 e. The van der Waals surface area contributed by atoms with Crippen LogP contribution in [0.1, 0.15) is 40.0 Å². The highest BCUT2D eigenvalue weighted by molar-refractivity contribution is 7.85. The summed E-state index contributed by atoms with van der Waals surface area (Å²) < 4.78 is 49.1. The van der Waals surface area contributed by atoms with Crippen molar-refractivity contribution in [2.24, 2.45) is 0 Å². The number of carbonyl (C=O) groups excluding carboxylic acids is 1. The van der Waals surface area contributed by atoms with Crippen LogP contribution in [0.5, 0.6) is 0 Å². The summed E-state index contributed by atoms with van der Waals surface area (Å²) in [5, 5.41) is 1.01. The smallest absolute Gasteiger partial charge is 0.351 e. The molecule has 2 aromatic carbocycles. The number of para-hydroxylation sites is 1. The minimum absolute atomic E-state index is 0.00805. The van der Waals surface area contributed by atoms with Crippen LogP contribution < -0.4 is 10.5 Å². The standard InChI is InChI=1S/C27H29ClN2O8S/c1-27(2,3)38-22(31)10-6-13-30(14-7-15-39(33,34)35)24-18-8-4-5-9-20(18)37-26(32)23(24)25-29-19-16-17(28)11-12-21(19)36-25/h4-5,8-9,11-12,16H,6-7,10,13-15H2,1-3H3,(H,33,34,35). The molecule has 0 aliphatic heterocycles. The van der Waals surface area contributed by atoms with Crippen LogP contribution in [-0.2, 0) is 19.6 Å². The molecule has 12 heteroatoms. The van der Waals surface area contributed by atoms with Crippen molar-refractivity contribution in [3.63, 3.8) is 0 Å². The van der Waals surface area contributed by atoms with E-state index in [0.717, 1.165) is 0 Å². The second-order valence-electron chi connectivity index (χ2n) is 10.1. The van der Waals surface area contributed by atoms with Crippen LogP contribution in [-0.4, -0.2) is 48.4 Å². The zero-order chi connectivity index (χ0) is 28.4. The quantitative estimate of drug-likeness (QED) is 0.147. The van der Waals surface area contributed by atoms with Gasteiger partial charge in [-0.1, -0.05) is 23.7 Å². The lowest BCUT2D eigenvalue weighted by molar-refractivity contribution is -0.154. The van der Waals surface area contributed by atoms with E-state index in [4.69, 9.17) is 25.2 Å². The maximum Gasteiger partial charge on any atom is 0.351 e. The number of benzene rings is 2. The average molecular weight is 577 g/mol. The van der Waals surface area contributed by atoms with E-state index in [1.165, 1.54) is 0 Å². The van der Waals surface area contributed by atoms with Crippen molar-refractivity contribution in [2.45, 2.75) is 45.6 Å². The lowest BCUT2D eigenvalue weighted by atomic mass is 10.1. The Bertz CT molecular complexity index is 1670. The van der Waals surface area contributed by atoms with E-state index in [1.54, 1.807) is 68.1 Å². The predicted octanol–water partition coefficient (Wildman–Crippen LogP) is 5.46. The average Bonchev–Trinajstić information content (AvgIpc) is 3.23. The van der Waals surface area contributed by atoms with Gasteiger partial charge in [-0.2, -0.15) is 8.42 Å². The van der Waals surface area contributed by atoms with Gasteiger partial charge in [0.2, 0.25) is 5.89 Å². The summed E-state index contributed by atoms with van der Waals surface area (Å²) >= 11 is 6.10. The summed E-state index contributed by atoms with van der Waals surface area (Å²) in [5.74, 6) is -0.853. The third-order valence-corrected chi connectivity index (χ3v) is 6.76. The third kappa shape index (κ3) is 7.37. The molecule has 39 heavy (non-hydrogen) atoms. The van der Waals surface area contributed by atoms with Gasteiger partial charge in [0.15, 0.2) is 5.58 Å². The Hall–Kier alpha value is -3.41. The number of carbonyl (C=O) groups is 1. The van der Waals surface area contributed by atoms with Gasteiger partial charge in [-0.3, -0.25) is 9.35 Å². The van der Waals surface area contributed by atoms with Gasteiger partial charge in [-0.25, -0.2) is 9.78 Å². The molecule has 0 saturated carbocycles. The molecule has 208 valence electrons. The Labute approximate surface area is 230 Å². The first-order valence-corrected chi connectivity index (χ1v) is 14.3. The van der Waals surface area contributed by atoms with Gasteiger partial charge in [0.05, 0.1) is 11.4 Å². The van der Waals surface area contributed by atoms with Crippen molar-refractivity contribution in [3.8, 4) is 11.5 Å². The number of hydrogen-bond acceptors (Lipinski definition) is 9. The Balaban J connectivity index is 1.80. The number of hydrogen-bond donors (Lipinski definition) is 1. The summed E-state index contributed by atoms with van der Waals surface area (Å²) in [6.07, 6.45) is 0.503. The van der Waals surface area contributed by atoms with E-state index in [2.05, 4.69) is 4.98 Å². The number of rotatable bonds is 10. The maximum atomic E-state index is 13.3. The first-order valence-electron chi connectivity index (χ1n) is 12.3. The minimum atomic E-state index is -4.22. The van der Waals surface area contributed by atoms with Crippen molar-refractivity contribution in [3.05, 3.63) is 57.9 Å². The first kappa shape index (κ1) is 28.6. The SMILES string of the molecule is CC(C)(C)OC(=O)CCCN(CCCS(=O)(=O)O)c1c(-c2nc3cc(Cl)ccc3o2)c(=O)oc2ccccc12. The van der Waals surface area contributed by atoms with Crippen LogP contribution in [0.3, 0.4) is 0 Å². The molecular weight excluding hydrogens is 548 g/mol. The molecule has 4 aromatic rings. The van der Waals surface area contributed by atoms with Crippen molar-refractivity contribution >= 4 is 55.4 Å². The number of anilines is 1. The van der Waals surface area contributed by atoms with Gasteiger partial charge in [-0.05, 0) is 63.9 Å². The molecule has 2 aromatic heterocycles. The molecular formula is C27H29ClN2O8S. The Morgan fingerprint density at radius 2 is 1.79 bits per heavy atom. The molecule has 0 aliphatic carbocycles. The van der Waals surface area contributed by atoms with E-state index in [1.807, 2.05) is 0 Å². The van der Waals surface area contributed by atoms with Gasteiger partial charge < -0.3 is 18.5 Å². The van der Waals surface area contributed by atoms with Gasteiger partial charge in [0, 0.05) is 29.9 Å².